The van der Waals surface area contributed by atoms with Gasteiger partial charge in [0.2, 0.25) is 0 Å². The van der Waals surface area contributed by atoms with Crippen LogP contribution in [0.3, 0.4) is 0 Å². The molecule has 0 bridgehead atoms. The summed E-state index contributed by atoms with van der Waals surface area (Å²) in [5, 5.41) is 10.2. The third-order valence-corrected chi connectivity index (χ3v) is 3.51. The molecular weight excluding hydrogens is 176 g/mol. The molecule has 2 nitrogen and oxygen atoms in total. The van der Waals surface area contributed by atoms with E-state index in [2.05, 4.69) is 6.07 Å². The lowest BCUT2D eigenvalue weighted by molar-refractivity contribution is 0.0731. The molecule has 1 fully saturated rings. The highest BCUT2D eigenvalue weighted by molar-refractivity contribution is 5.33. The molecule has 74 valence electrons. The Hall–Kier alpha value is -0.860. The van der Waals surface area contributed by atoms with Crippen molar-refractivity contribution in [3.05, 3.63) is 35.4 Å². The number of fused-ring (bicyclic) bond motifs is 2. The predicted molar refractivity (Wildman–Crippen MR) is 52.9 cm³/mol. The van der Waals surface area contributed by atoms with Crippen molar-refractivity contribution in [2.45, 2.75) is 12.5 Å². The maximum atomic E-state index is 10.2. The van der Waals surface area contributed by atoms with Crippen molar-refractivity contribution in [2.75, 3.05) is 13.2 Å². The molecule has 3 atom stereocenters. The monoisotopic (exact) mass is 190 g/mol. The van der Waals surface area contributed by atoms with Gasteiger partial charge in [0.05, 0.1) is 19.3 Å². The first kappa shape index (κ1) is 8.45. The molecular formula is C12H14O2. The van der Waals surface area contributed by atoms with Gasteiger partial charge in [0.25, 0.3) is 0 Å². The van der Waals surface area contributed by atoms with Gasteiger partial charge in [-0.15, -0.1) is 0 Å². The fourth-order valence-electron chi connectivity index (χ4n) is 2.70. The van der Waals surface area contributed by atoms with E-state index in [4.69, 9.17) is 4.74 Å². The Bertz CT molecular complexity index is 348. The van der Waals surface area contributed by atoms with Gasteiger partial charge in [-0.2, -0.15) is 0 Å². The van der Waals surface area contributed by atoms with Crippen molar-refractivity contribution in [1.29, 1.82) is 0 Å². The summed E-state index contributed by atoms with van der Waals surface area (Å²) < 4.78 is 5.43. The zero-order valence-electron chi connectivity index (χ0n) is 8.02. The summed E-state index contributed by atoms with van der Waals surface area (Å²) in [6.45, 7) is 1.54. The van der Waals surface area contributed by atoms with Crippen LogP contribution in [-0.4, -0.2) is 18.3 Å². The lowest BCUT2D eigenvalue weighted by Gasteiger charge is -2.30. The van der Waals surface area contributed by atoms with Gasteiger partial charge in [-0.05, 0) is 23.5 Å². The van der Waals surface area contributed by atoms with E-state index >= 15 is 0 Å². The highest BCUT2D eigenvalue weighted by atomic mass is 16.5. The largest absolute Gasteiger partial charge is 0.388 e. The van der Waals surface area contributed by atoms with Crippen LogP contribution in [-0.2, 0) is 11.2 Å². The SMILES string of the molecule is OC1c2ccccc2C[C@@H]2COC[C@H]12. The second kappa shape index (κ2) is 3.07. The lowest BCUT2D eigenvalue weighted by Crippen LogP contribution is -2.28. The van der Waals surface area contributed by atoms with Crippen molar-refractivity contribution in [2.24, 2.45) is 11.8 Å². The van der Waals surface area contributed by atoms with E-state index in [0.29, 0.717) is 11.8 Å². The van der Waals surface area contributed by atoms with E-state index in [1.165, 1.54) is 5.56 Å². The molecule has 1 aromatic carbocycles. The molecule has 2 aliphatic rings. The summed E-state index contributed by atoms with van der Waals surface area (Å²) >= 11 is 0. The minimum absolute atomic E-state index is 0.313. The van der Waals surface area contributed by atoms with Gasteiger partial charge in [-0.25, -0.2) is 0 Å². The first-order valence-electron chi connectivity index (χ1n) is 5.20. The number of hydrogen-bond acceptors (Lipinski definition) is 2. The van der Waals surface area contributed by atoms with E-state index in [-0.39, 0.29) is 6.10 Å². The summed E-state index contributed by atoms with van der Waals surface area (Å²) in [6, 6.07) is 8.20. The van der Waals surface area contributed by atoms with Gasteiger partial charge in [0.1, 0.15) is 0 Å². The zero-order valence-corrected chi connectivity index (χ0v) is 8.02. The third kappa shape index (κ3) is 1.11. The minimum atomic E-state index is -0.313. The Morgan fingerprint density at radius 2 is 2.07 bits per heavy atom. The number of benzene rings is 1. The molecule has 0 saturated carbocycles. The quantitative estimate of drug-likeness (QED) is 0.672. The average Bonchev–Trinajstić information content (AvgIpc) is 2.66. The number of aliphatic hydroxyl groups excluding tert-OH is 1. The van der Waals surface area contributed by atoms with Crippen LogP contribution < -0.4 is 0 Å². The Kier molecular flexibility index (Phi) is 1.85. The molecule has 1 aromatic rings. The van der Waals surface area contributed by atoms with Gasteiger partial charge in [-0.3, -0.25) is 0 Å². The first-order valence-corrected chi connectivity index (χ1v) is 5.20. The predicted octanol–water partition coefficient (Wildman–Crippen LogP) is 1.54. The topological polar surface area (TPSA) is 29.5 Å². The van der Waals surface area contributed by atoms with E-state index in [1.807, 2.05) is 18.2 Å². The summed E-state index contributed by atoms with van der Waals surface area (Å²) in [5.74, 6) is 0.852. The highest BCUT2D eigenvalue weighted by Gasteiger charge is 2.39. The van der Waals surface area contributed by atoms with Crippen LogP contribution in [0.4, 0.5) is 0 Å². The van der Waals surface area contributed by atoms with Crippen LogP contribution in [0.15, 0.2) is 24.3 Å². The van der Waals surface area contributed by atoms with Gasteiger partial charge in [-0.1, -0.05) is 24.3 Å². The molecule has 14 heavy (non-hydrogen) atoms. The molecule has 2 heteroatoms. The Balaban J connectivity index is 2.04. The lowest BCUT2D eigenvalue weighted by atomic mass is 9.76. The van der Waals surface area contributed by atoms with Crippen molar-refractivity contribution in [3.8, 4) is 0 Å². The van der Waals surface area contributed by atoms with Gasteiger partial charge in [0, 0.05) is 5.92 Å². The van der Waals surface area contributed by atoms with E-state index in [1.54, 1.807) is 0 Å². The molecule has 0 spiro atoms. The summed E-state index contributed by atoms with van der Waals surface area (Å²) in [5.41, 5.74) is 2.41. The van der Waals surface area contributed by atoms with E-state index in [9.17, 15) is 5.11 Å². The zero-order chi connectivity index (χ0) is 9.54. The van der Waals surface area contributed by atoms with E-state index < -0.39 is 0 Å². The van der Waals surface area contributed by atoms with Crippen molar-refractivity contribution in [1.82, 2.24) is 0 Å². The van der Waals surface area contributed by atoms with Gasteiger partial charge >= 0.3 is 0 Å². The fourth-order valence-corrected chi connectivity index (χ4v) is 2.70. The van der Waals surface area contributed by atoms with Crippen LogP contribution in [0, 0.1) is 11.8 Å². The molecule has 1 aliphatic heterocycles. The molecule has 1 unspecified atom stereocenters. The van der Waals surface area contributed by atoms with Gasteiger partial charge < -0.3 is 9.84 Å². The van der Waals surface area contributed by atoms with Crippen LogP contribution in [0.1, 0.15) is 17.2 Å². The summed E-state index contributed by atoms with van der Waals surface area (Å²) in [4.78, 5) is 0. The highest BCUT2D eigenvalue weighted by Crippen LogP contribution is 2.41. The Labute approximate surface area is 83.5 Å². The number of hydrogen-bond donors (Lipinski definition) is 1. The van der Waals surface area contributed by atoms with Crippen LogP contribution in [0.5, 0.6) is 0 Å². The Morgan fingerprint density at radius 1 is 1.21 bits per heavy atom. The minimum Gasteiger partial charge on any atom is -0.388 e. The number of rotatable bonds is 0. The van der Waals surface area contributed by atoms with Crippen LogP contribution in [0.2, 0.25) is 0 Å². The number of aliphatic hydroxyl groups is 1. The summed E-state index contributed by atoms with van der Waals surface area (Å²) in [7, 11) is 0. The first-order chi connectivity index (χ1) is 6.86. The van der Waals surface area contributed by atoms with Gasteiger partial charge in [0.15, 0.2) is 0 Å². The molecule has 1 aliphatic carbocycles. The van der Waals surface area contributed by atoms with E-state index in [0.717, 1.165) is 25.2 Å². The van der Waals surface area contributed by atoms with Crippen LogP contribution in [0.25, 0.3) is 0 Å². The average molecular weight is 190 g/mol. The molecule has 1 N–H and O–H groups in total. The van der Waals surface area contributed by atoms with Crippen molar-refractivity contribution in [3.63, 3.8) is 0 Å². The second-order valence-corrected chi connectivity index (χ2v) is 4.31. The molecule has 1 heterocycles. The van der Waals surface area contributed by atoms with Crippen molar-refractivity contribution >= 4 is 0 Å². The van der Waals surface area contributed by atoms with Crippen LogP contribution >= 0.6 is 0 Å². The standard InChI is InChI=1S/C12H14O2/c13-12-10-4-2-1-3-8(10)5-9-6-14-7-11(9)12/h1-4,9,11-13H,5-7H2/t9-,11+,12?/m1/s1. The maximum absolute atomic E-state index is 10.2. The molecule has 0 amide bonds. The number of ether oxygens (including phenoxy) is 1. The third-order valence-electron chi connectivity index (χ3n) is 3.51. The molecule has 3 rings (SSSR count). The fraction of sp³-hybridized carbons (Fsp3) is 0.500. The second-order valence-electron chi connectivity index (χ2n) is 4.31. The molecule has 0 aromatic heterocycles. The molecule has 1 saturated heterocycles. The summed E-state index contributed by atoms with van der Waals surface area (Å²) in [6.07, 6.45) is 0.755. The smallest absolute Gasteiger partial charge is 0.0846 e. The normalized spacial score (nSPS) is 35.1. The maximum Gasteiger partial charge on any atom is 0.0846 e. The molecule has 0 radical (unpaired) electrons. The van der Waals surface area contributed by atoms with Crippen molar-refractivity contribution < 1.29 is 9.84 Å². The Morgan fingerprint density at radius 3 is 3.00 bits per heavy atom.